The maximum absolute atomic E-state index is 12.2. The quantitative estimate of drug-likeness (QED) is 0.784. The number of hydrogen-bond acceptors (Lipinski definition) is 2. The number of hydrogen-bond donors (Lipinski definition) is 1. The predicted molar refractivity (Wildman–Crippen MR) is 83.6 cm³/mol. The Bertz CT molecular complexity index is 343. The highest BCUT2D eigenvalue weighted by Crippen LogP contribution is 2.22. The molecule has 2 rings (SSSR count). The fourth-order valence-corrected chi connectivity index (χ4v) is 3.42. The normalized spacial score (nSPS) is 23.2. The van der Waals surface area contributed by atoms with Crippen molar-refractivity contribution in [2.75, 3.05) is 19.6 Å². The standard InChI is InChI=1S/C17H30N2O/c1-3-19-11-9-15(10-12-19)13-17(20)18-14(2)16-7-5-4-6-8-16/h7,14-15H,3-6,8-13H2,1-2H3,(H,18,20)/t14-/m1/s1. The fraction of sp³-hybridized carbons (Fsp3) is 0.824. The lowest BCUT2D eigenvalue weighted by Gasteiger charge is -2.31. The van der Waals surface area contributed by atoms with Crippen molar-refractivity contribution in [1.29, 1.82) is 0 Å². The first kappa shape index (κ1) is 15.6. The van der Waals surface area contributed by atoms with E-state index in [1.165, 1.54) is 37.7 Å². The van der Waals surface area contributed by atoms with Gasteiger partial charge in [-0.3, -0.25) is 4.79 Å². The summed E-state index contributed by atoms with van der Waals surface area (Å²) < 4.78 is 0. The zero-order chi connectivity index (χ0) is 14.4. The minimum absolute atomic E-state index is 0.235. The summed E-state index contributed by atoms with van der Waals surface area (Å²) in [7, 11) is 0. The molecular formula is C17H30N2O. The molecule has 0 saturated carbocycles. The Labute approximate surface area is 123 Å². The average Bonchev–Trinajstić information content (AvgIpc) is 2.49. The smallest absolute Gasteiger partial charge is 0.220 e. The molecule has 1 atom stereocenters. The molecule has 0 aromatic heterocycles. The van der Waals surface area contributed by atoms with E-state index in [1.54, 1.807) is 0 Å². The first-order chi connectivity index (χ1) is 9.69. The SMILES string of the molecule is CCN1CCC(CC(=O)N[C@H](C)C2=CCCCC2)CC1. The van der Waals surface area contributed by atoms with E-state index in [0.717, 1.165) is 32.5 Å². The molecule has 1 fully saturated rings. The number of likely N-dealkylation sites (tertiary alicyclic amines) is 1. The van der Waals surface area contributed by atoms with E-state index in [4.69, 9.17) is 0 Å². The predicted octanol–water partition coefficient (Wildman–Crippen LogP) is 3.11. The Hall–Kier alpha value is -0.830. The molecule has 20 heavy (non-hydrogen) atoms. The number of allylic oxidation sites excluding steroid dienone is 1. The summed E-state index contributed by atoms with van der Waals surface area (Å²) in [6, 6.07) is 0.235. The van der Waals surface area contributed by atoms with Crippen LogP contribution in [0, 0.1) is 5.92 Å². The minimum Gasteiger partial charge on any atom is -0.350 e. The topological polar surface area (TPSA) is 32.3 Å². The molecule has 1 heterocycles. The van der Waals surface area contributed by atoms with Gasteiger partial charge in [-0.2, -0.15) is 0 Å². The van der Waals surface area contributed by atoms with Crippen LogP contribution in [-0.4, -0.2) is 36.5 Å². The van der Waals surface area contributed by atoms with Crippen LogP contribution in [0.5, 0.6) is 0 Å². The Kier molecular flexibility index (Phi) is 6.08. The second kappa shape index (κ2) is 7.82. The molecule has 3 heteroatoms. The summed E-state index contributed by atoms with van der Waals surface area (Å²) in [5.41, 5.74) is 1.44. The van der Waals surface area contributed by atoms with Crippen LogP contribution in [0.25, 0.3) is 0 Å². The number of amides is 1. The first-order valence-electron chi connectivity index (χ1n) is 8.39. The van der Waals surface area contributed by atoms with Gasteiger partial charge in [-0.05, 0) is 71.0 Å². The van der Waals surface area contributed by atoms with Crippen molar-refractivity contribution < 1.29 is 4.79 Å². The molecule has 1 aliphatic carbocycles. The summed E-state index contributed by atoms with van der Waals surface area (Å²) in [5, 5.41) is 3.20. The van der Waals surface area contributed by atoms with E-state index in [2.05, 4.69) is 30.1 Å². The Balaban J connectivity index is 1.71. The van der Waals surface area contributed by atoms with Crippen molar-refractivity contribution in [3.63, 3.8) is 0 Å². The molecule has 0 unspecified atom stereocenters. The third kappa shape index (κ3) is 4.62. The molecule has 0 radical (unpaired) electrons. The van der Waals surface area contributed by atoms with Gasteiger partial charge in [0.25, 0.3) is 0 Å². The number of nitrogens with zero attached hydrogens (tertiary/aromatic N) is 1. The monoisotopic (exact) mass is 278 g/mol. The third-order valence-electron chi connectivity index (χ3n) is 4.89. The molecule has 1 N–H and O–H groups in total. The Morgan fingerprint density at radius 1 is 1.40 bits per heavy atom. The van der Waals surface area contributed by atoms with Crippen LogP contribution in [0.1, 0.15) is 58.8 Å². The van der Waals surface area contributed by atoms with E-state index >= 15 is 0 Å². The molecule has 3 nitrogen and oxygen atoms in total. The van der Waals surface area contributed by atoms with Gasteiger partial charge in [-0.25, -0.2) is 0 Å². The molecule has 0 aromatic carbocycles. The van der Waals surface area contributed by atoms with E-state index < -0.39 is 0 Å². The van der Waals surface area contributed by atoms with Crippen LogP contribution < -0.4 is 5.32 Å². The van der Waals surface area contributed by atoms with Gasteiger partial charge in [0.2, 0.25) is 5.91 Å². The third-order valence-corrected chi connectivity index (χ3v) is 4.89. The number of rotatable bonds is 5. The van der Waals surface area contributed by atoms with Crippen molar-refractivity contribution in [2.45, 2.75) is 64.8 Å². The molecule has 1 amide bonds. The highest BCUT2D eigenvalue weighted by molar-refractivity contribution is 5.76. The number of carbonyl (C=O) groups excluding carboxylic acids is 1. The maximum Gasteiger partial charge on any atom is 0.220 e. The second-order valence-corrected chi connectivity index (χ2v) is 6.40. The second-order valence-electron chi connectivity index (χ2n) is 6.40. The fourth-order valence-electron chi connectivity index (χ4n) is 3.42. The van der Waals surface area contributed by atoms with Crippen LogP contribution in [0.3, 0.4) is 0 Å². The van der Waals surface area contributed by atoms with Gasteiger partial charge in [0.1, 0.15) is 0 Å². The maximum atomic E-state index is 12.2. The molecular weight excluding hydrogens is 248 g/mol. The van der Waals surface area contributed by atoms with Gasteiger partial charge < -0.3 is 10.2 Å². The van der Waals surface area contributed by atoms with Gasteiger partial charge in [0, 0.05) is 12.5 Å². The van der Waals surface area contributed by atoms with Gasteiger partial charge >= 0.3 is 0 Å². The van der Waals surface area contributed by atoms with Crippen LogP contribution >= 0.6 is 0 Å². The van der Waals surface area contributed by atoms with Gasteiger partial charge in [0.15, 0.2) is 0 Å². The van der Waals surface area contributed by atoms with Crippen molar-refractivity contribution in [1.82, 2.24) is 10.2 Å². The summed E-state index contributed by atoms with van der Waals surface area (Å²) in [6.07, 6.45) is 10.3. The van der Waals surface area contributed by atoms with Crippen LogP contribution in [-0.2, 0) is 4.79 Å². The molecule has 114 valence electrons. The lowest BCUT2D eigenvalue weighted by atomic mass is 9.92. The number of piperidine rings is 1. The van der Waals surface area contributed by atoms with Crippen LogP contribution in [0.15, 0.2) is 11.6 Å². The van der Waals surface area contributed by atoms with E-state index in [1.807, 2.05) is 0 Å². The zero-order valence-corrected chi connectivity index (χ0v) is 13.2. The number of carbonyl (C=O) groups is 1. The van der Waals surface area contributed by atoms with Gasteiger partial charge in [0.05, 0.1) is 0 Å². The van der Waals surface area contributed by atoms with E-state index in [0.29, 0.717) is 5.92 Å². The molecule has 2 aliphatic rings. The van der Waals surface area contributed by atoms with Crippen LogP contribution in [0.4, 0.5) is 0 Å². The largest absolute Gasteiger partial charge is 0.350 e. The lowest BCUT2D eigenvalue weighted by molar-refractivity contribution is -0.122. The molecule has 0 aromatic rings. The molecule has 0 bridgehead atoms. The van der Waals surface area contributed by atoms with Gasteiger partial charge in [-0.1, -0.05) is 18.6 Å². The van der Waals surface area contributed by atoms with Crippen LogP contribution in [0.2, 0.25) is 0 Å². The summed E-state index contributed by atoms with van der Waals surface area (Å²) in [4.78, 5) is 14.6. The highest BCUT2D eigenvalue weighted by atomic mass is 16.1. The highest BCUT2D eigenvalue weighted by Gasteiger charge is 2.22. The molecule has 1 saturated heterocycles. The summed E-state index contributed by atoms with van der Waals surface area (Å²) >= 11 is 0. The van der Waals surface area contributed by atoms with Crippen molar-refractivity contribution in [3.05, 3.63) is 11.6 Å². The number of nitrogens with one attached hydrogen (secondary N) is 1. The molecule has 0 spiro atoms. The first-order valence-corrected chi connectivity index (χ1v) is 8.39. The van der Waals surface area contributed by atoms with E-state index in [-0.39, 0.29) is 11.9 Å². The summed E-state index contributed by atoms with van der Waals surface area (Å²) in [5.74, 6) is 0.837. The van der Waals surface area contributed by atoms with E-state index in [9.17, 15) is 4.79 Å². The Morgan fingerprint density at radius 2 is 2.15 bits per heavy atom. The Morgan fingerprint density at radius 3 is 2.75 bits per heavy atom. The molecule has 1 aliphatic heterocycles. The minimum atomic E-state index is 0.235. The summed E-state index contributed by atoms with van der Waals surface area (Å²) in [6.45, 7) is 7.82. The van der Waals surface area contributed by atoms with Crippen molar-refractivity contribution >= 4 is 5.91 Å². The van der Waals surface area contributed by atoms with Gasteiger partial charge in [-0.15, -0.1) is 0 Å². The lowest BCUT2D eigenvalue weighted by Crippen LogP contribution is -2.38. The van der Waals surface area contributed by atoms with Crippen molar-refractivity contribution in [2.24, 2.45) is 5.92 Å². The zero-order valence-electron chi connectivity index (χ0n) is 13.2. The van der Waals surface area contributed by atoms with Crippen molar-refractivity contribution in [3.8, 4) is 0 Å². The average molecular weight is 278 g/mol.